The van der Waals surface area contributed by atoms with Crippen LogP contribution in [0.1, 0.15) is 11.7 Å². The Hall–Kier alpha value is -1.30. The van der Waals surface area contributed by atoms with Crippen LogP contribution in [0.5, 0.6) is 0 Å². The van der Waals surface area contributed by atoms with E-state index in [1.165, 1.54) is 12.1 Å². The molecular formula is C9H11F3N2O. The van der Waals surface area contributed by atoms with Crippen molar-refractivity contribution < 1.29 is 18.3 Å². The van der Waals surface area contributed by atoms with Crippen LogP contribution in [0.15, 0.2) is 18.3 Å². The summed E-state index contributed by atoms with van der Waals surface area (Å²) in [5.74, 6) is 0.535. The predicted molar refractivity (Wildman–Crippen MR) is 49.6 cm³/mol. The van der Waals surface area contributed by atoms with Crippen LogP contribution in [0.4, 0.5) is 19.0 Å². The molecule has 0 fully saturated rings. The van der Waals surface area contributed by atoms with Gasteiger partial charge in [-0.25, -0.2) is 4.98 Å². The highest BCUT2D eigenvalue weighted by Gasteiger charge is 2.39. The van der Waals surface area contributed by atoms with Crippen LogP contribution in [0, 0.1) is 0 Å². The molecule has 0 saturated heterocycles. The highest BCUT2D eigenvalue weighted by molar-refractivity contribution is 5.37. The van der Waals surface area contributed by atoms with Crippen molar-refractivity contribution in [1.29, 1.82) is 0 Å². The summed E-state index contributed by atoms with van der Waals surface area (Å²) in [6, 6.07) is 2.63. The standard InChI is InChI=1S/C9H11F3N2O/c1-14(2)7-4-3-6(5-13-7)8(15)9(10,11)12/h3-5,8,15H,1-2H3. The molecule has 0 aromatic carbocycles. The van der Waals surface area contributed by atoms with Gasteiger partial charge in [-0.2, -0.15) is 13.2 Å². The van der Waals surface area contributed by atoms with Gasteiger partial charge in [-0.3, -0.25) is 0 Å². The number of pyridine rings is 1. The highest BCUT2D eigenvalue weighted by atomic mass is 19.4. The molecule has 0 saturated carbocycles. The fourth-order valence-electron chi connectivity index (χ4n) is 1.01. The summed E-state index contributed by atoms with van der Waals surface area (Å²) in [6.07, 6.45) is -6.10. The van der Waals surface area contributed by atoms with E-state index in [9.17, 15) is 13.2 Å². The fourth-order valence-corrected chi connectivity index (χ4v) is 1.01. The van der Waals surface area contributed by atoms with Gasteiger partial charge in [0.05, 0.1) is 0 Å². The predicted octanol–water partition coefficient (Wildman–Crippen LogP) is 1.74. The average Bonchev–Trinajstić information content (AvgIpc) is 2.15. The van der Waals surface area contributed by atoms with Gasteiger partial charge < -0.3 is 10.0 Å². The summed E-state index contributed by atoms with van der Waals surface area (Å²) < 4.78 is 36.3. The van der Waals surface area contributed by atoms with Crippen molar-refractivity contribution >= 4 is 5.82 Å². The second kappa shape index (κ2) is 4.06. The number of aliphatic hydroxyl groups excluding tert-OH is 1. The Bertz CT molecular complexity index is 321. The number of hydrogen-bond acceptors (Lipinski definition) is 3. The number of aromatic nitrogens is 1. The molecule has 1 aromatic heterocycles. The molecule has 1 unspecified atom stereocenters. The van der Waals surface area contributed by atoms with Crippen molar-refractivity contribution in [2.45, 2.75) is 12.3 Å². The van der Waals surface area contributed by atoms with Gasteiger partial charge in [-0.15, -0.1) is 0 Å². The third kappa shape index (κ3) is 2.82. The first-order valence-corrected chi connectivity index (χ1v) is 4.20. The molecule has 0 aliphatic rings. The Morgan fingerprint density at radius 1 is 1.33 bits per heavy atom. The number of halogens is 3. The van der Waals surface area contributed by atoms with Crippen LogP contribution < -0.4 is 4.90 Å². The summed E-state index contributed by atoms with van der Waals surface area (Å²) in [6.45, 7) is 0. The van der Waals surface area contributed by atoms with Crippen molar-refractivity contribution in [2.24, 2.45) is 0 Å². The maximum atomic E-state index is 12.1. The highest BCUT2D eigenvalue weighted by Crippen LogP contribution is 2.32. The summed E-state index contributed by atoms with van der Waals surface area (Å²) in [5, 5.41) is 8.91. The van der Waals surface area contributed by atoms with Gasteiger partial charge in [0.2, 0.25) is 0 Å². The van der Waals surface area contributed by atoms with E-state index in [0.717, 1.165) is 6.20 Å². The van der Waals surface area contributed by atoms with Crippen molar-refractivity contribution in [2.75, 3.05) is 19.0 Å². The van der Waals surface area contributed by atoms with Crippen molar-refractivity contribution in [3.63, 3.8) is 0 Å². The molecule has 1 rings (SSSR count). The average molecular weight is 220 g/mol. The van der Waals surface area contributed by atoms with Gasteiger partial charge in [0.25, 0.3) is 0 Å². The second-order valence-corrected chi connectivity index (χ2v) is 3.29. The Kier molecular flexibility index (Phi) is 3.18. The second-order valence-electron chi connectivity index (χ2n) is 3.29. The molecule has 1 atom stereocenters. The Morgan fingerprint density at radius 2 is 1.93 bits per heavy atom. The van der Waals surface area contributed by atoms with Crippen LogP contribution in [0.3, 0.4) is 0 Å². The molecule has 84 valence electrons. The van der Waals surface area contributed by atoms with Crippen LogP contribution in [-0.2, 0) is 0 Å². The number of nitrogens with zero attached hydrogens (tertiary/aromatic N) is 2. The monoisotopic (exact) mass is 220 g/mol. The van der Waals surface area contributed by atoms with Crippen molar-refractivity contribution in [3.8, 4) is 0 Å². The SMILES string of the molecule is CN(C)c1ccc(C(O)C(F)(F)F)cn1. The van der Waals surface area contributed by atoms with E-state index in [4.69, 9.17) is 5.11 Å². The third-order valence-corrected chi connectivity index (χ3v) is 1.85. The van der Waals surface area contributed by atoms with Gasteiger partial charge in [0.15, 0.2) is 6.10 Å². The first-order valence-electron chi connectivity index (χ1n) is 4.20. The molecule has 15 heavy (non-hydrogen) atoms. The van der Waals surface area contributed by atoms with Gasteiger partial charge in [0.1, 0.15) is 5.82 Å². The number of anilines is 1. The quantitative estimate of drug-likeness (QED) is 0.824. The number of alkyl halides is 3. The topological polar surface area (TPSA) is 36.4 Å². The molecule has 0 aliphatic carbocycles. The molecule has 3 nitrogen and oxygen atoms in total. The van der Waals surface area contributed by atoms with Crippen LogP contribution in [-0.4, -0.2) is 30.4 Å². The van der Waals surface area contributed by atoms with E-state index >= 15 is 0 Å². The maximum absolute atomic E-state index is 12.1. The molecule has 6 heteroatoms. The van der Waals surface area contributed by atoms with Gasteiger partial charge in [0, 0.05) is 25.9 Å². The lowest BCUT2D eigenvalue weighted by molar-refractivity contribution is -0.206. The molecule has 0 spiro atoms. The van der Waals surface area contributed by atoms with E-state index in [1.807, 2.05) is 0 Å². The minimum atomic E-state index is -4.65. The fraction of sp³-hybridized carbons (Fsp3) is 0.444. The summed E-state index contributed by atoms with van der Waals surface area (Å²) >= 11 is 0. The normalized spacial score (nSPS) is 13.7. The maximum Gasteiger partial charge on any atom is 0.418 e. The zero-order valence-corrected chi connectivity index (χ0v) is 8.28. The van der Waals surface area contributed by atoms with Crippen LogP contribution >= 0.6 is 0 Å². The summed E-state index contributed by atoms with van der Waals surface area (Å²) in [7, 11) is 3.45. The van der Waals surface area contributed by atoms with Crippen molar-refractivity contribution in [3.05, 3.63) is 23.9 Å². The lowest BCUT2D eigenvalue weighted by Crippen LogP contribution is -2.20. The molecule has 0 aliphatic heterocycles. The Morgan fingerprint density at radius 3 is 2.27 bits per heavy atom. The van der Waals surface area contributed by atoms with E-state index in [0.29, 0.717) is 5.82 Å². The molecule has 0 amide bonds. The smallest absolute Gasteiger partial charge is 0.379 e. The van der Waals surface area contributed by atoms with E-state index < -0.39 is 12.3 Å². The van der Waals surface area contributed by atoms with Gasteiger partial charge >= 0.3 is 6.18 Å². The number of rotatable bonds is 2. The zero-order valence-electron chi connectivity index (χ0n) is 8.28. The summed E-state index contributed by atoms with van der Waals surface area (Å²) in [4.78, 5) is 5.44. The lowest BCUT2D eigenvalue weighted by atomic mass is 10.1. The Balaban J connectivity index is 2.89. The molecule has 1 heterocycles. The van der Waals surface area contributed by atoms with Crippen LogP contribution in [0.25, 0.3) is 0 Å². The van der Waals surface area contributed by atoms with Gasteiger partial charge in [-0.1, -0.05) is 6.07 Å². The van der Waals surface area contributed by atoms with Gasteiger partial charge in [-0.05, 0) is 6.07 Å². The van der Waals surface area contributed by atoms with E-state index in [1.54, 1.807) is 19.0 Å². The zero-order chi connectivity index (χ0) is 11.6. The Labute approximate surface area is 85.2 Å². The number of hydrogen-bond donors (Lipinski definition) is 1. The molecule has 1 aromatic rings. The molecule has 0 radical (unpaired) electrons. The first kappa shape index (κ1) is 11.8. The summed E-state index contributed by atoms with van der Waals surface area (Å²) in [5.41, 5.74) is -0.256. The minimum Gasteiger partial charge on any atom is -0.379 e. The lowest BCUT2D eigenvalue weighted by Gasteiger charge is -2.16. The van der Waals surface area contributed by atoms with Crippen LogP contribution in [0.2, 0.25) is 0 Å². The van der Waals surface area contributed by atoms with E-state index in [-0.39, 0.29) is 5.56 Å². The van der Waals surface area contributed by atoms with E-state index in [2.05, 4.69) is 4.98 Å². The largest absolute Gasteiger partial charge is 0.418 e. The molecular weight excluding hydrogens is 209 g/mol. The molecule has 1 N–H and O–H groups in total. The van der Waals surface area contributed by atoms with Crippen molar-refractivity contribution in [1.82, 2.24) is 4.98 Å². The third-order valence-electron chi connectivity index (χ3n) is 1.85. The number of aliphatic hydroxyl groups is 1. The minimum absolute atomic E-state index is 0.256. The molecule has 0 bridgehead atoms. The first-order chi connectivity index (χ1) is 6.82.